The van der Waals surface area contributed by atoms with E-state index in [4.69, 9.17) is 5.26 Å². The molecule has 5 heteroatoms. The first-order chi connectivity index (χ1) is 13.2. The van der Waals surface area contributed by atoms with Crippen molar-refractivity contribution in [1.82, 2.24) is 4.98 Å². The third-order valence-electron chi connectivity index (χ3n) is 4.71. The summed E-state index contributed by atoms with van der Waals surface area (Å²) in [6.45, 7) is 2.05. The molecule has 1 aromatic heterocycles. The van der Waals surface area contributed by atoms with Crippen LogP contribution in [0, 0.1) is 11.3 Å². The maximum atomic E-state index is 13.0. The summed E-state index contributed by atoms with van der Waals surface area (Å²) in [6.07, 6.45) is 2.51. The highest BCUT2D eigenvalue weighted by molar-refractivity contribution is 6.06. The highest BCUT2D eigenvalue weighted by Crippen LogP contribution is 2.32. The maximum Gasteiger partial charge on any atom is 0.277 e. The van der Waals surface area contributed by atoms with Crippen molar-refractivity contribution in [1.29, 1.82) is 5.26 Å². The van der Waals surface area contributed by atoms with Crippen LogP contribution in [0.3, 0.4) is 0 Å². The molecule has 0 radical (unpaired) electrons. The number of fused-ring (bicyclic) bond motifs is 1. The molecule has 0 saturated heterocycles. The average molecular weight is 354 g/mol. The third kappa shape index (κ3) is 3.25. The first-order valence-electron chi connectivity index (χ1n) is 8.80. The van der Waals surface area contributed by atoms with Crippen LogP contribution in [-0.4, -0.2) is 16.9 Å². The van der Waals surface area contributed by atoms with E-state index >= 15 is 0 Å². The van der Waals surface area contributed by atoms with Crippen molar-refractivity contribution in [3.8, 4) is 6.07 Å². The number of carbonyl (C=O) groups is 1. The molecule has 0 bridgehead atoms. The zero-order chi connectivity index (χ0) is 18.8. The first kappa shape index (κ1) is 16.8. The molecule has 2 heterocycles. The van der Waals surface area contributed by atoms with Gasteiger partial charge in [0, 0.05) is 17.4 Å². The van der Waals surface area contributed by atoms with E-state index in [1.807, 2.05) is 41.3 Å². The lowest BCUT2D eigenvalue weighted by Crippen LogP contribution is -2.36. The van der Waals surface area contributed by atoms with Crippen molar-refractivity contribution in [2.75, 3.05) is 10.2 Å². The Kier molecular flexibility index (Phi) is 4.31. The fraction of sp³-hybridized carbons (Fsp3) is 0.136. The molecular formula is C22H18N4O. The van der Waals surface area contributed by atoms with Gasteiger partial charge in [0.2, 0.25) is 0 Å². The van der Waals surface area contributed by atoms with Crippen molar-refractivity contribution < 1.29 is 4.79 Å². The number of hydrogen-bond acceptors (Lipinski definition) is 4. The average Bonchev–Trinajstić information content (AvgIpc) is 3.04. The molecule has 0 spiro atoms. The van der Waals surface area contributed by atoms with Crippen molar-refractivity contribution in [2.45, 2.75) is 19.4 Å². The number of nitrogens with zero attached hydrogens (tertiary/aromatic N) is 3. The Morgan fingerprint density at radius 3 is 2.56 bits per heavy atom. The minimum atomic E-state index is -0.0858. The Bertz CT molecular complexity index is 1020. The van der Waals surface area contributed by atoms with E-state index in [0.717, 1.165) is 23.5 Å². The van der Waals surface area contributed by atoms with Gasteiger partial charge in [0.05, 0.1) is 23.5 Å². The summed E-state index contributed by atoms with van der Waals surface area (Å²) in [7, 11) is 0. The number of anilines is 3. The van der Waals surface area contributed by atoms with E-state index in [0.29, 0.717) is 11.3 Å². The number of amides is 1. The second-order valence-corrected chi connectivity index (χ2v) is 6.60. The first-order valence-corrected chi connectivity index (χ1v) is 8.80. The lowest BCUT2D eigenvalue weighted by atomic mass is 10.1. The van der Waals surface area contributed by atoms with E-state index in [9.17, 15) is 4.79 Å². The number of para-hydroxylation sites is 1. The van der Waals surface area contributed by atoms with E-state index in [1.165, 1.54) is 5.56 Å². The Balaban J connectivity index is 1.52. The van der Waals surface area contributed by atoms with Crippen LogP contribution in [0.15, 0.2) is 66.9 Å². The second-order valence-electron chi connectivity index (χ2n) is 6.60. The Hall–Kier alpha value is -3.65. The molecule has 3 aromatic rings. The molecule has 4 rings (SSSR count). The summed E-state index contributed by atoms with van der Waals surface area (Å²) in [5, 5.41) is 12.1. The molecule has 27 heavy (non-hydrogen) atoms. The minimum absolute atomic E-state index is 0.0858. The highest BCUT2D eigenvalue weighted by Gasteiger charge is 2.31. The fourth-order valence-electron chi connectivity index (χ4n) is 3.39. The topological polar surface area (TPSA) is 69.0 Å². The molecule has 0 saturated carbocycles. The second kappa shape index (κ2) is 6.93. The van der Waals surface area contributed by atoms with Crippen LogP contribution in [0.4, 0.5) is 17.1 Å². The summed E-state index contributed by atoms with van der Waals surface area (Å²) in [6, 6.07) is 21.0. The van der Waals surface area contributed by atoms with E-state index in [-0.39, 0.29) is 11.9 Å². The quantitative estimate of drug-likeness (QED) is 0.762. The number of nitriles is 1. The Morgan fingerprint density at radius 1 is 1.11 bits per heavy atom. The number of carbonyl (C=O) groups excluding carboxylic acids is 1. The number of benzene rings is 2. The maximum absolute atomic E-state index is 13.0. The number of rotatable bonds is 3. The van der Waals surface area contributed by atoms with Crippen molar-refractivity contribution in [3.63, 3.8) is 0 Å². The molecule has 1 N–H and O–H groups in total. The lowest BCUT2D eigenvalue weighted by molar-refractivity contribution is 0.0976. The van der Waals surface area contributed by atoms with Gasteiger partial charge in [-0.25, -0.2) is 4.98 Å². The zero-order valence-electron chi connectivity index (χ0n) is 14.9. The van der Waals surface area contributed by atoms with Crippen LogP contribution in [0.2, 0.25) is 0 Å². The van der Waals surface area contributed by atoms with Crippen LogP contribution < -0.4 is 10.2 Å². The van der Waals surface area contributed by atoms with Gasteiger partial charge in [-0.1, -0.05) is 18.2 Å². The smallest absolute Gasteiger partial charge is 0.277 e. The summed E-state index contributed by atoms with van der Waals surface area (Å²) in [4.78, 5) is 19.2. The number of pyridine rings is 1. The van der Waals surface area contributed by atoms with Gasteiger partial charge in [0.25, 0.3) is 5.91 Å². The zero-order valence-corrected chi connectivity index (χ0v) is 14.9. The summed E-state index contributed by atoms with van der Waals surface area (Å²) < 4.78 is 0. The molecule has 1 unspecified atom stereocenters. The van der Waals surface area contributed by atoms with Crippen LogP contribution in [-0.2, 0) is 6.42 Å². The van der Waals surface area contributed by atoms with E-state index in [1.54, 1.807) is 24.4 Å². The number of nitrogens with one attached hydrogen (secondary N) is 1. The van der Waals surface area contributed by atoms with Crippen LogP contribution in [0.1, 0.15) is 28.5 Å². The van der Waals surface area contributed by atoms with Gasteiger partial charge in [-0.15, -0.1) is 0 Å². The molecule has 1 aliphatic rings. The number of hydrogen-bond donors (Lipinski definition) is 1. The molecule has 1 aliphatic heterocycles. The Labute approximate surface area is 157 Å². The summed E-state index contributed by atoms with van der Waals surface area (Å²) >= 11 is 0. The van der Waals surface area contributed by atoms with Gasteiger partial charge >= 0.3 is 0 Å². The van der Waals surface area contributed by atoms with Crippen molar-refractivity contribution in [2.24, 2.45) is 0 Å². The van der Waals surface area contributed by atoms with Gasteiger partial charge in [0.1, 0.15) is 5.69 Å². The van der Waals surface area contributed by atoms with Crippen LogP contribution in [0.5, 0.6) is 0 Å². The van der Waals surface area contributed by atoms with Gasteiger partial charge < -0.3 is 10.2 Å². The van der Waals surface area contributed by atoms with E-state index < -0.39 is 0 Å². The molecular weight excluding hydrogens is 336 g/mol. The summed E-state index contributed by atoms with van der Waals surface area (Å²) in [5.74, 6) is -0.0858. The van der Waals surface area contributed by atoms with E-state index in [2.05, 4.69) is 29.4 Å². The normalized spacial score (nSPS) is 15.1. The van der Waals surface area contributed by atoms with Gasteiger partial charge in [-0.2, -0.15) is 5.26 Å². The predicted molar refractivity (Wildman–Crippen MR) is 105 cm³/mol. The van der Waals surface area contributed by atoms with Crippen molar-refractivity contribution >= 4 is 23.0 Å². The predicted octanol–water partition coefficient (Wildman–Crippen LogP) is 4.29. The van der Waals surface area contributed by atoms with Gasteiger partial charge in [-0.05, 0) is 61.4 Å². The van der Waals surface area contributed by atoms with Crippen LogP contribution in [0.25, 0.3) is 0 Å². The Morgan fingerprint density at radius 2 is 1.85 bits per heavy atom. The SMILES string of the molecule is CC1Cc2ccccc2N1C(=O)c1ccc(Nc2ccc(C#N)cc2)cn1. The molecule has 0 aliphatic carbocycles. The third-order valence-corrected chi connectivity index (χ3v) is 4.71. The molecule has 1 atom stereocenters. The van der Waals surface area contributed by atoms with Crippen LogP contribution >= 0.6 is 0 Å². The molecule has 0 fully saturated rings. The minimum Gasteiger partial charge on any atom is -0.354 e. The molecule has 132 valence electrons. The lowest BCUT2D eigenvalue weighted by Gasteiger charge is -2.22. The molecule has 2 aromatic carbocycles. The largest absolute Gasteiger partial charge is 0.354 e. The van der Waals surface area contributed by atoms with Crippen molar-refractivity contribution in [3.05, 3.63) is 83.7 Å². The highest BCUT2D eigenvalue weighted by atomic mass is 16.2. The fourth-order valence-corrected chi connectivity index (χ4v) is 3.39. The summed E-state index contributed by atoms with van der Waals surface area (Å²) in [5.41, 5.74) is 4.83. The van der Waals surface area contributed by atoms with Gasteiger partial charge in [0.15, 0.2) is 0 Å². The van der Waals surface area contributed by atoms with Gasteiger partial charge in [-0.3, -0.25) is 4.79 Å². The monoisotopic (exact) mass is 354 g/mol. The molecule has 1 amide bonds. The standard InChI is InChI=1S/C22H18N4O/c1-15-12-17-4-2-3-5-21(17)26(15)22(27)20-11-10-19(14-24-20)25-18-8-6-16(13-23)7-9-18/h2-11,14-15,25H,12H2,1H3. The molecule has 5 nitrogen and oxygen atoms in total. The number of aromatic nitrogens is 1.